The number of esters is 1. The molecule has 236 valence electrons. The Morgan fingerprint density at radius 1 is 0.550 bits per heavy atom. The molecular weight excluding hydrogens is 496 g/mol. The molecule has 0 saturated heterocycles. The fourth-order valence-electron chi connectivity index (χ4n) is 4.98. The molecule has 0 aliphatic heterocycles. The van der Waals surface area contributed by atoms with E-state index in [4.69, 9.17) is 4.74 Å². The number of hydrogen-bond acceptors (Lipinski definition) is 4. The van der Waals surface area contributed by atoms with Gasteiger partial charge in [0.05, 0.1) is 18.8 Å². The Labute approximate surface area is 249 Å². The Bertz CT molecular complexity index is 571. The molecule has 2 unspecified atom stereocenters. The third-order valence-electron chi connectivity index (χ3n) is 7.71. The standard InChI is InChI=1S/C36H68O4/c1-3-5-7-22-28-34(37)30-24-18-14-10-9-13-17-21-27-33-40-36(39)32-26-20-16-12-11-15-19-25-31-35(38)29-23-8-6-4-2/h18-19,24-25,34-35,37-38H,3-17,20-23,26-33H2,1-2H3/b24-18-,25-19-. The molecule has 0 radical (unpaired) electrons. The van der Waals surface area contributed by atoms with Crippen molar-refractivity contribution in [1.29, 1.82) is 0 Å². The molecule has 2 atom stereocenters. The molecule has 0 spiro atoms. The zero-order valence-electron chi connectivity index (χ0n) is 26.8. The molecule has 0 aromatic rings. The van der Waals surface area contributed by atoms with Gasteiger partial charge in [0.1, 0.15) is 0 Å². The maximum absolute atomic E-state index is 11.9. The fourth-order valence-corrected chi connectivity index (χ4v) is 4.98. The van der Waals surface area contributed by atoms with E-state index in [-0.39, 0.29) is 18.2 Å². The van der Waals surface area contributed by atoms with E-state index in [1.54, 1.807) is 0 Å². The molecule has 0 bridgehead atoms. The van der Waals surface area contributed by atoms with E-state index in [2.05, 4.69) is 38.2 Å². The van der Waals surface area contributed by atoms with Crippen LogP contribution in [0.4, 0.5) is 0 Å². The lowest BCUT2D eigenvalue weighted by Gasteiger charge is -2.07. The van der Waals surface area contributed by atoms with Gasteiger partial charge >= 0.3 is 5.97 Å². The maximum Gasteiger partial charge on any atom is 0.305 e. The molecular formula is C36H68O4. The van der Waals surface area contributed by atoms with Crippen molar-refractivity contribution in [1.82, 2.24) is 0 Å². The number of aliphatic hydroxyl groups excluding tert-OH is 2. The van der Waals surface area contributed by atoms with Crippen molar-refractivity contribution in [2.75, 3.05) is 6.61 Å². The van der Waals surface area contributed by atoms with Gasteiger partial charge in [0.15, 0.2) is 0 Å². The Kier molecular flexibility index (Phi) is 31.5. The van der Waals surface area contributed by atoms with Crippen molar-refractivity contribution in [3.63, 3.8) is 0 Å². The van der Waals surface area contributed by atoms with E-state index in [0.29, 0.717) is 13.0 Å². The van der Waals surface area contributed by atoms with Gasteiger partial charge in [-0.3, -0.25) is 4.79 Å². The molecule has 4 heteroatoms. The van der Waals surface area contributed by atoms with Gasteiger partial charge in [0, 0.05) is 6.42 Å². The second-order valence-electron chi connectivity index (χ2n) is 11.9. The van der Waals surface area contributed by atoms with Gasteiger partial charge in [-0.05, 0) is 64.2 Å². The highest BCUT2D eigenvalue weighted by molar-refractivity contribution is 5.69. The predicted octanol–water partition coefficient (Wildman–Crippen LogP) is 10.5. The summed E-state index contributed by atoms with van der Waals surface area (Å²) in [6.07, 6.45) is 37.1. The summed E-state index contributed by atoms with van der Waals surface area (Å²) in [6, 6.07) is 0. The summed E-state index contributed by atoms with van der Waals surface area (Å²) in [5.74, 6) is -0.0333. The third kappa shape index (κ3) is 31.4. The van der Waals surface area contributed by atoms with Crippen LogP contribution in [0.1, 0.15) is 181 Å². The Morgan fingerprint density at radius 2 is 0.975 bits per heavy atom. The van der Waals surface area contributed by atoms with Gasteiger partial charge in [0.25, 0.3) is 0 Å². The minimum absolute atomic E-state index is 0.0333. The number of hydrogen-bond donors (Lipinski definition) is 2. The van der Waals surface area contributed by atoms with Crippen molar-refractivity contribution in [3.05, 3.63) is 24.3 Å². The molecule has 0 aliphatic carbocycles. The summed E-state index contributed by atoms with van der Waals surface area (Å²) in [6.45, 7) is 5.00. The molecule has 0 amide bonds. The van der Waals surface area contributed by atoms with Gasteiger partial charge < -0.3 is 14.9 Å². The van der Waals surface area contributed by atoms with Gasteiger partial charge in [-0.2, -0.15) is 0 Å². The third-order valence-corrected chi connectivity index (χ3v) is 7.71. The van der Waals surface area contributed by atoms with Crippen LogP contribution < -0.4 is 0 Å². The quantitative estimate of drug-likeness (QED) is 0.0499. The fraction of sp³-hybridized carbons (Fsp3) is 0.861. The molecule has 0 aromatic carbocycles. The van der Waals surface area contributed by atoms with Gasteiger partial charge in [-0.25, -0.2) is 0 Å². The summed E-state index contributed by atoms with van der Waals surface area (Å²) < 4.78 is 5.40. The van der Waals surface area contributed by atoms with E-state index in [9.17, 15) is 15.0 Å². The van der Waals surface area contributed by atoms with E-state index >= 15 is 0 Å². The van der Waals surface area contributed by atoms with Gasteiger partial charge in [0.2, 0.25) is 0 Å². The van der Waals surface area contributed by atoms with Crippen LogP contribution in [0.5, 0.6) is 0 Å². The van der Waals surface area contributed by atoms with Crippen LogP contribution in [-0.2, 0) is 9.53 Å². The first-order valence-electron chi connectivity index (χ1n) is 17.4. The Balaban J connectivity index is 3.35. The highest BCUT2D eigenvalue weighted by Crippen LogP contribution is 2.13. The second-order valence-corrected chi connectivity index (χ2v) is 11.9. The molecule has 40 heavy (non-hydrogen) atoms. The molecule has 0 heterocycles. The van der Waals surface area contributed by atoms with Gasteiger partial charge in [-0.15, -0.1) is 0 Å². The van der Waals surface area contributed by atoms with Crippen molar-refractivity contribution in [3.8, 4) is 0 Å². The first kappa shape index (κ1) is 38.9. The highest BCUT2D eigenvalue weighted by atomic mass is 16.5. The van der Waals surface area contributed by atoms with E-state index in [0.717, 1.165) is 77.0 Å². The largest absolute Gasteiger partial charge is 0.466 e. The maximum atomic E-state index is 11.9. The van der Waals surface area contributed by atoms with Crippen LogP contribution in [-0.4, -0.2) is 35.0 Å². The molecule has 4 nitrogen and oxygen atoms in total. The van der Waals surface area contributed by atoms with Crippen LogP contribution in [0, 0.1) is 0 Å². The number of aliphatic hydroxyl groups is 2. The van der Waals surface area contributed by atoms with Crippen molar-refractivity contribution < 1.29 is 19.7 Å². The summed E-state index contributed by atoms with van der Waals surface area (Å²) in [5.41, 5.74) is 0. The monoisotopic (exact) mass is 565 g/mol. The molecule has 0 aliphatic rings. The number of carbonyl (C=O) groups excluding carboxylic acids is 1. The lowest BCUT2D eigenvalue weighted by molar-refractivity contribution is -0.143. The number of rotatable bonds is 31. The molecule has 0 aromatic heterocycles. The van der Waals surface area contributed by atoms with Crippen LogP contribution in [0.15, 0.2) is 24.3 Å². The zero-order valence-corrected chi connectivity index (χ0v) is 26.8. The molecule has 0 saturated carbocycles. The highest BCUT2D eigenvalue weighted by Gasteiger charge is 2.03. The SMILES string of the molecule is CCCCCCC(O)C/C=C\CCCCCCCCOC(=O)CCCCCCC/C=C\CC(O)CCCCCC. The summed E-state index contributed by atoms with van der Waals surface area (Å²) >= 11 is 0. The molecule has 0 rings (SSSR count). The van der Waals surface area contributed by atoms with E-state index in [1.165, 1.54) is 83.5 Å². The predicted molar refractivity (Wildman–Crippen MR) is 173 cm³/mol. The summed E-state index contributed by atoms with van der Waals surface area (Å²) in [5, 5.41) is 20.0. The van der Waals surface area contributed by atoms with Crippen LogP contribution in [0.25, 0.3) is 0 Å². The van der Waals surface area contributed by atoms with Crippen LogP contribution in [0.3, 0.4) is 0 Å². The van der Waals surface area contributed by atoms with Crippen LogP contribution in [0.2, 0.25) is 0 Å². The molecule has 2 N–H and O–H groups in total. The number of allylic oxidation sites excluding steroid dienone is 2. The zero-order chi connectivity index (χ0) is 29.4. The first-order chi connectivity index (χ1) is 19.6. The number of carbonyl (C=O) groups is 1. The molecule has 0 fully saturated rings. The van der Waals surface area contributed by atoms with Crippen LogP contribution >= 0.6 is 0 Å². The van der Waals surface area contributed by atoms with Crippen molar-refractivity contribution in [2.24, 2.45) is 0 Å². The average Bonchev–Trinajstić information content (AvgIpc) is 2.95. The van der Waals surface area contributed by atoms with Crippen molar-refractivity contribution >= 4 is 5.97 Å². The first-order valence-corrected chi connectivity index (χ1v) is 17.4. The lowest BCUT2D eigenvalue weighted by atomic mass is 10.1. The van der Waals surface area contributed by atoms with Gasteiger partial charge in [-0.1, -0.05) is 134 Å². The average molecular weight is 565 g/mol. The van der Waals surface area contributed by atoms with E-state index < -0.39 is 0 Å². The smallest absolute Gasteiger partial charge is 0.305 e. The Hall–Kier alpha value is -1.13. The Morgan fingerprint density at radius 3 is 1.48 bits per heavy atom. The second kappa shape index (κ2) is 32.4. The summed E-state index contributed by atoms with van der Waals surface area (Å²) in [7, 11) is 0. The van der Waals surface area contributed by atoms with E-state index in [1.807, 2.05) is 0 Å². The van der Waals surface area contributed by atoms with Crippen molar-refractivity contribution in [2.45, 2.75) is 193 Å². The summed E-state index contributed by atoms with van der Waals surface area (Å²) in [4.78, 5) is 11.9. The topological polar surface area (TPSA) is 66.8 Å². The minimum atomic E-state index is -0.173. The number of unbranched alkanes of at least 4 members (excludes halogenated alkanes) is 17. The minimum Gasteiger partial charge on any atom is -0.466 e. The lowest BCUT2D eigenvalue weighted by Crippen LogP contribution is -2.05. The normalized spacial score (nSPS) is 13.4. The number of ether oxygens (including phenoxy) is 1.